The predicted octanol–water partition coefficient (Wildman–Crippen LogP) is 4.31. The number of nitrogens with zero attached hydrogens (tertiary/aromatic N) is 4. The maximum absolute atomic E-state index is 14.2. The number of rotatable bonds is 9. The quantitative estimate of drug-likeness (QED) is 0.406. The molecule has 10 heteroatoms. The van der Waals surface area contributed by atoms with E-state index in [1.54, 1.807) is 6.07 Å². The van der Waals surface area contributed by atoms with E-state index in [4.69, 9.17) is 9.37 Å². The Kier molecular flexibility index (Phi) is 7.34. The Bertz CT molecular complexity index is 1430. The minimum Gasteiger partial charge on any atom is -0.489 e. The van der Waals surface area contributed by atoms with Crippen molar-refractivity contribution < 1.29 is 23.3 Å². The van der Waals surface area contributed by atoms with Crippen LogP contribution in [0.3, 0.4) is 0 Å². The number of hydrogen-bond donors (Lipinski definition) is 1. The van der Waals surface area contributed by atoms with Gasteiger partial charge in [-0.2, -0.15) is 0 Å². The fraction of sp³-hybridized carbons (Fsp3) is 0.562. The second-order valence-electron chi connectivity index (χ2n) is 13.2. The highest BCUT2D eigenvalue weighted by molar-refractivity contribution is 5.85. The van der Waals surface area contributed by atoms with Crippen LogP contribution in [-0.2, 0) is 22.7 Å². The fourth-order valence-corrected chi connectivity index (χ4v) is 8.48. The fourth-order valence-electron chi connectivity index (χ4n) is 8.48. The third kappa shape index (κ3) is 5.86. The molecule has 1 aromatic heterocycles. The third-order valence-electron chi connectivity index (χ3n) is 9.99. The van der Waals surface area contributed by atoms with Gasteiger partial charge in [-0.3, -0.25) is 14.5 Å². The lowest BCUT2D eigenvalue weighted by atomic mass is 9.49. The molecular formula is C32H38FN5O4. The first kappa shape index (κ1) is 27.3. The highest BCUT2D eigenvalue weighted by Crippen LogP contribution is 2.61. The summed E-state index contributed by atoms with van der Waals surface area (Å²) in [5.41, 5.74) is 3.18. The van der Waals surface area contributed by atoms with E-state index in [-0.39, 0.29) is 29.6 Å². The number of halogens is 1. The van der Waals surface area contributed by atoms with Gasteiger partial charge in [0.25, 0.3) is 0 Å². The largest absolute Gasteiger partial charge is 0.489 e. The number of piperazine rings is 1. The molecular weight excluding hydrogens is 537 g/mol. The van der Waals surface area contributed by atoms with Crippen molar-refractivity contribution in [1.82, 2.24) is 25.4 Å². The number of carbonyl (C=O) groups excluding carboxylic acids is 2. The highest BCUT2D eigenvalue weighted by Gasteiger charge is 2.51. The molecule has 4 aliphatic carbocycles. The average Bonchev–Trinajstić information content (AvgIpc) is 3.43. The molecule has 2 amide bonds. The van der Waals surface area contributed by atoms with Crippen LogP contribution in [0.2, 0.25) is 0 Å². The lowest BCUT2D eigenvalue weighted by molar-refractivity contribution is -0.136. The molecule has 222 valence electrons. The van der Waals surface area contributed by atoms with Gasteiger partial charge in [-0.05, 0) is 108 Å². The van der Waals surface area contributed by atoms with E-state index in [2.05, 4.69) is 20.5 Å². The van der Waals surface area contributed by atoms with Crippen molar-refractivity contribution in [2.24, 2.45) is 23.2 Å². The number of benzene rings is 2. The molecule has 4 bridgehead atoms. The molecule has 0 radical (unpaired) electrons. The topological polar surface area (TPSA) is 101 Å². The highest BCUT2D eigenvalue weighted by atomic mass is 19.1. The minimum atomic E-state index is -0.314. The first-order chi connectivity index (χ1) is 20.4. The number of amides is 2. The zero-order valence-electron chi connectivity index (χ0n) is 23.9. The summed E-state index contributed by atoms with van der Waals surface area (Å²) in [6.07, 6.45) is 8.22. The molecule has 42 heavy (non-hydrogen) atoms. The Balaban J connectivity index is 0.880. The smallest absolute Gasteiger partial charge is 0.242 e. The van der Waals surface area contributed by atoms with Crippen molar-refractivity contribution in [3.63, 3.8) is 0 Å². The van der Waals surface area contributed by atoms with Gasteiger partial charge in [0, 0.05) is 44.7 Å². The molecule has 2 heterocycles. The normalized spacial score (nSPS) is 27.0. The number of aromatic nitrogens is 2. The lowest BCUT2D eigenvalue weighted by Gasteiger charge is -2.56. The monoisotopic (exact) mass is 575 g/mol. The summed E-state index contributed by atoms with van der Waals surface area (Å²) >= 11 is 0. The molecule has 1 N–H and O–H groups in total. The summed E-state index contributed by atoms with van der Waals surface area (Å²) in [5, 5.41) is 10.6. The molecule has 1 saturated heterocycles. The van der Waals surface area contributed by atoms with Gasteiger partial charge in [0.05, 0.1) is 6.54 Å². The summed E-state index contributed by atoms with van der Waals surface area (Å²) in [5.74, 6) is 2.73. The lowest BCUT2D eigenvalue weighted by Crippen LogP contribution is -2.51. The van der Waals surface area contributed by atoms with Crippen LogP contribution in [0.4, 0.5) is 4.39 Å². The van der Waals surface area contributed by atoms with Crippen LogP contribution >= 0.6 is 0 Å². The van der Waals surface area contributed by atoms with E-state index in [0.29, 0.717) is 62.5 Å². The van der Waals surface area contributed by atoms with Crippen LogP contribution in [0, 0.1) is 29.0 Å². The van der Waals surface area contributed by atoms with E-state index in [1.807, 2.05) is 23.1 Å². The molecule has 0 atom stereocenters. The summed E-state index contributed by atoms with van der Waals surface area (Å²) in [7, 11) is 0. The maximum atomic E-state index is 14.2. The van der Waals surface area contributed by atoms with Crippen LogP contribution in [0.15, 0.2) is 41.0 Å². The number of carbonyl (C=O) groups is 2. The van der Waals surface area contributed by atoms with Gasteiger partial charge in [0.2, 0.25) is 11.8 Å². The number of fused-ring (bicyclic) bond motifs is 1. The van der Waals surface area contributed by atoms with Crippen molar-refractivity contribution in [3.8, 4) is 5.75 Å². The van der Waals surface area contributed by atoms with Crippen molar-refractivity contribution in [2.45, 2.75) is 58.1 Å². The average molecular weight is 576 g/mol. The molecule has 8 rings (SSSR count). The molecule has 1 aliphatic heterocycles. The second-order valence-corrected chi connectivity index (χ2v) is 13.2. The summed E-state index contributed by atoms with van der Waals surface area (Å²) < 4.78 is 25.0. The van der Waals surface area contributed by atoms with Crippen LogP contribution < -0.4 is 10.1 Å². The number of nitrogens with one attached hydrogen (secondary N) is 1. The zero-order chi connectivity index (χ0) is 28.7. The summed E-state index contributed by atoms with van der Waals surface area (Å²) in [4.78, 5) is 29.8. The molecule has 0 spiro atoms. The van der Waals surface area contributed by atoms with E-state index in [1.165, 1.54) is 50.7 Å². The summed E-state index contributed by atoms with van der Waals surface area (Å²) in [6.45, 7) is 3.35. The van der Waals surface area contributed by atoms with E-state index in [9.17, 15) is 14.0 Å². The number of ether oxygens (including phenoxy) is 1. The van der Waals surface area contributed by atoms with Gasteiger partial charge in [-0.1, -0.05) is 6.07 Å². The predicted molar refractivity (Wildman–Crippen MR) is 153 cm³/mol. The van der Waals surface area contributed by atoms with Crippen LogP contribution in [0.1, 0.15) is 56.1 Å². The number of hydrogen-bond acceptors (Lipinski definition) is 7. The standard InChI is InChI=1S/C32H38FN5O4/c33-26-2-4-29(41-20-21-1-3-27-28(12-21)36-42-35-27)25(13-26)19-37-5-7-38(8-6-37)31(40)18-34-30(39)17-32-14-22-9-23(15-32)11-24(10-22)16-32/h1-4,12-13,22-24H,5-11,14-20H2,(H,34,39). The van der Waals surface area contributed by atoms with Gasteiger partial charge >= 0.3 is 0 Å². The zero-order valence-corrected chi connectivity index (χ0v) is 23.9. The SMILES string of the molecule is O=C(CC12CC3CC(CC(C3)C1)C2)NCC(=O)N1CCN(Cc2cc(F)ccc2OCc2ccc3nonc3c2)CC1. The van der Waals surface area contributed by atoms with E-state index in [0.717, 1.165) is 28.9 Å². The Morgan fingerprint density at radius 2 is 1.67 bits per heavy atom. The van der Waals surface area contributed by atoms with Crippen LogP contribution in [0.25, 0.3) is 11.0 Å². The first-order valence-electron chi connectivity index (χ1n) is 15.3. The molecule has 5 aliphatic rings. The Labute approximate surface area is 244 Å². The van der Waals surface area contributed by atoms with Gasteiger partial charge in [-0.25, -0.2) is 9.02 Å². The van der Waals surface area contributed by atoms with Crippen LogP contribution in [-0.4, -0.2) is 64.7 Å². The molecule has 3 aromatic rings. The van der Waals surface area contributed by atoms with E-state index >= 15 is 0 Å². The van der Waals surface area contributed by atoms with Crippen molar-refractivity contribution in [3.05, 3.63) is 53.3 Å². The van der Waals surface area contributed by atoms with Crippen molar-refractivity contribution >= 4 is 22.8 Å². The van der Waals surface area contributed by atoms with Gasteiger partial charge < -0.3 is 15.0 Å². The van der Waals surface area contributed by atoms with Crippen LogP contribution in [0.5, 0.6) is 5.75 Å². The third-order valence-corrected chi connectivity index (χ3v) is 9.99. The maximum Gasteiger partial charge on any atom is 0.242 e. The van der Waals surface area contributed by atoms with Gasteiger partial charge in [0.15, 0.2) is 0 Å². The second kappa shape index (κ2) is 11.3. The Morgan fingerprint density at radius 3 is 2.40 bits per heavy atom. The summed E-state index contributed by atoms with van der Waals surface area (Å²) in [6, 6.07) is 10.2. The molecule has 4 saturated carbocycles. The Hall–Kier alpha value is -3.53. The van der Waals surface area contributed by atoms with Crippen molar-refractivity contribution in [1.29, 1.82) is 0 Å². The molecule has 9 nitrogen and oxygen atoms in total. The Morgan fingerprint density at radius 1 is 0.952 bits per heavy atom. The molecule has 2 aromatic carbocycles. The van der Waals surface area contributed by atoms with Gasteiger partial charge in [0.1, 0.15) is 29.2 Å². The first-order valence-corrected chi connectivity index (χ1v) is 15.3. The molecule has 0 unspecified atom stereocenters. The van der Waals surface area contributed by atoms with E-state index < -0.39 is 0 Å². The molecule has 5 fully saturated rings. The van der Waals surface area contributed by atoms with Crippen molar-refractivity contribution in [2.75, 3.05) is 32.7 Å². The van der Waals surface area contributed by atoms with Gasteiger partial charge in [-0.15, -0.1) is 0 Å². The minimum absolute atomic E-state index is 0.0279.